The normalized spacial score (nSPS) is 16.7. The first-order chi connectivity index (χ1) is 13.4. The Kier molecular flexibility index (Phi) is 4.11. The van der Waals surface area contributed by atoms with Crippen LogP contribution in [-0.2, 0) is 6.54 Å². The minimum Gasteiger partial charge on any atom is -0.478 e. The van der Waals surface area contributed by atoms with Gasteiger partial charge in [-0.2, -0.15) is 0 Å². The molecular weight excluding hydrogens is 330 g/mol. The average Bonchev–Trinajstić information content (AvgIpc) is 2.75. The summed E-state index contributed by atoms with van der Waals surface area (Å²) in [6, 6.07) is 34.4. The van der Waals surface area contributed by atoms with Gasteiger partial charge in [-0.15, -0.1) is 0 Å². The highest BCUT2D eigenvalue weighted by atomic mass is 16.5. The van der Waals surface area contributed by atoms with Gasteiger partial charge in [0, 0.05) is 12.1 Å². The van der Waals surface area contributed by atoms with E-state index in [1.54, 1.807) is 0 Å². The third-order valence-electron chi connectivity index (χ3n) is 5.30. The highest BCUT2D eigenvalue weighted by Crippen LogP contribution is 2.43. The van der Waals surface area contributed by atoms with Gasteiger partial charge < -0.3 is 4.74 Å². The highest BCUT2D eigenvalue weighted by molar-refractivity contribution is 5.89. The van der Waals surface area contributed by atoms with Crippen molar-refractivity contribution in [3.8, 4) is 5.75 Å². The zero-order chi connectivity index (χ0) is 18.1. The maximum atomic E-state index is 6.19. The number of ether oxygens (including phenoxy) is 1. The minimum atomic E-state index is 0.168. The summed E-state index contributed by atoms with van der Waals surface area (Å²) in [7, 11) is 0. The first-order valence-corrected chi connectivity index (χ1v) is 9.37. The fourth-order valence-electron chi connectivity index (χ4n) is 4.06. The van der Waals surface area contributed by atoms with Crippen LogP contribution in [0.2, 0.25) is 0 Å². The van der Waals surface area contributed by atoms with Gasteiger partial charge in [0.1, 0.15) is 12.5 Å². The lowest BCUT2D eigenvalue weighted by Gasteiger charge is -2.38. The summed E-state index contributed by atoms with van der Waals surface area (Å²) < 4.78 is 6.19. The van der Waals surface area contributed by atoms with E-state index in [0.717, 1.165) is 12.3 Å². The van der Waals surface area contributed by atoms with Crippen LogP contribution in [0.5, 0.6) is 5.75 Å². The van der Waals surface area contributed by atoms with Crippen LogP contribution in [0.3, 0.4) is 0 Å². The van der Waals surface area contributed by atoms with Gasteiger partial charge in [-0.1, -0.05) is 91.0 Å². The molecule has 4 aromatic carbocycles. The Labute approximate surface area is 159 Å². The molecule has 27 heavy (non-hydrogen) atoms. The largest absolute Gasteiger partial charge is 0.478 e. The van der Waals surface area contributed by atoms with E-state index in [-0.39, 0.29) is 6.04 Å². The van der Waals surface area contributed by atoms with Crippen molar-refractivity contribution in [2.24, 2.45) is 0 Å². The molecule has 132 valence electrons. The van der Waals surface area contributed by atoms with Gasteiger partial charge in [0.05, 0.1) is 6.04 Å². The summed E-state index contributed by atoms with van der Waals surface area (Å²) in [4.78, 5) is 2.42. The lowest BCUT2D eigenvalue weighted by atomic mass is 9.90. The van der Waals surface area contributed by atoms with Gasteiger partial charge >= 0.3 is 0 Å². The molecule has 4 aromatic rings. The molecule has 0 bridgehead atoms. The second-order valence-electron chi connectivity index (χ2n) is 7.02. The summed E-state index contributed by atoms with van der Waals surface area (Å²) in [6.45, 7) is 1.43. The van der Waals surface area contributed by atoms with Crippen LogP contribution in [0.4, 0.5) is 0 Å². The molecule has 0 unspecified atom stereocenters. The highest BCUT2D eigenvalue weighted by Gasteiger charge is 2.31. The molecule has 1 atom stereocenters. The molecule has 0 amide bonds. The van der Waals surface area contributed by atoms with Crippen LogP contribution in [0.25, 0.3) is 10.8 Å². The Morgan fingerprint density at radius 1 is 0.741 bits per heavy atom. The Morgan fingerprint density at radius 3 is 2.26 bits per heavy atom. The van der Waals surface area contributed by atoms with Crippen molar-refractivity contribution in [2.45, 2.75) is 12.6 Å². The summed E-state index contributed by atoms with van der Waals surface area (Å²) in [5, 5.41) is 2.52. The topological polar surface area (TPSA) is 12.5 Å². The van der Waals surface area contributed by atoms with E-state index in [1.165, 1.54) is 27.5 Å². The summed E-state index contributed by atoms with van der Waals surface area (Å²) >= 11 is 0. The summed E-state index contributed by atoms with van der Waals surface area (Å²) in [5.74, 6) is 0.992. The van der Waals surface area contributed by atoms with E-state index >= 15 is 0 Å². The summed E-state index contributed by atoms with van der Waals surface area (Å²) in [5.41, 5.74) is 3.86. The molecule has 1 aliphatic heterocycles. The van der Waals surface area contributed by atoms with E-state index in [9.17, 15) is 0 Å². The van der Waals surface area contributed by atoms with Crippen molar-refractivity contribution in [1.82, 2.24) is 4.90 Å². The fraction of sp³-hybridized carbons (Fsp3) is 0.120. The van der Waals surface area contributed by atoms with Crippen molar-refractivity contribution < 1.29 is 4.74 Å². The Bertz CT molecular complexity index is 1060. The lowest BCUT2D eigenvalue weighted by molar-refractivity contribution is 0.0675. The maximum absolute atomic E-state index is 6.19. The first-order valence-electron chi connectivity index (χ1n) is 9.37. The van der Waals surface area contributed by atoms with Crippen LogP contribution >= 0.6 is 0 Å². The molecule has 1 heterocycles. The molecule has 0 N–H and O–H groups in total. The number of hydrogen-bond donors (Lipinski definition) is 0. The molecule has 1 aliphatic rings. The van der Waals surface area contributed by atoms with Crippen molar-refractivity contribution in [3.63, 3.8) is 0 Å². The molecule has 0 saturated carbocycles. The predicted octanol–water partition coefficient (Wildman–Crippen LogP) is 5.78. The van der Waals surface area contributed by atoms with Crippen molar-refractivity contribution in [3.05, 3.63) is 114 Å². The Morgan fingerprint density at radius 2 is 1.44 bits per heavy atom. The molecule has 0 saturated heterocycles. The fourth-order valence-corrected chi connectivity index (χ4v) is 4.06. The molecular formula is C25H21NO. The van der Waals surface area contributed by atoms with Gasteiger partial charge in [0.15, 0.2) is 0 Å². The average molecular weight is 351 g/mol. The standard InChI is InChI=1S/C25H21NO/c1-3-9-19(10-4-1)17-26-18-27-23-16-15-20-11-7-8-14-22(20)24(23)25(26)21-12-5-2-6-13-21/h1-16,25H,17-18H2/t25-/m0/s1. The van der Waals surface area contributed by atoms with E-state index in [0.29, 0.717) is 6.73 Å². The monoisotopic (exact) mass is 351 g/mol. The van der Waals surface area contributed by atoms with Gasteiger partial charge in [-0.25, -0.2) is 0 Å². The van der Waals surface area contributed by atoms with Gasteiger partial charge in [0.25, 0.3) is 0 Å². The second-order valence-corrected chi connectivity index (χ2v) is 7.02. The van der Waals surface area contributed by atoms with Crippen molar-refractivity contribution >= 4 is 10.8 Å². The quantitative estimate of drug-likeness (QED) is 0.464. The molecule has 5 rings (SSSR count). The van der Waals surface area contributed by atoms with Crippen molar-refractivity contribution in [1.29, 1.82) is 0 Å². The molecule has 0 fully saturated rings. The van der Waals surface area contributed by atoms with Crippen LogP contribution in [0.15, 0.2) is 97.1 Å². The Hall–Kier alpha value is -3.10. The molecule has 0 radical (unpaired) electrons. The molecule has 0 aromatic heterocycles. The Balaban J connectivity index is 1.68. The zero-order valence-corrected chi connectivity index (χ0v) is 15.1. The summed E-state index contributed by atoms with van der Waals surface area (Å²) in [6.07, 6.45) is 0. The number of hydrogen-bond acceptors (Lipinski definition) is 2. The molecule has 2 heteroatoms. The number of nitrogens with zero attached hydrogens (tertiary/aromatic N) is 1. The SMILES string of the molecule is c1ccc(CN2COc3ccc4ccccc4c3[C@@H]2c2ccccc2)cc1. The van der Waals surface area contributed by atoms with Crippen molar-refractivity contribution in [2.75, 3.05) is 6.73 Å². The lowest BCUT2D eigenvalue weighted by Crippen LogP contribution is -2.36. The van der Waals surface area contributed by atoms with E-state index < -0.39 is 0 Å². The van der Waals surface area contributed by atoms with E-state index in [1.807, 2.05) is 0 Å². The number of benzene rings is 4. The predicted molar refractivity (Wildman–Crippen MR) is 110 cm³/mol. The number of rotatable bonds is 3. The van der Waals surface area contributed by atoms with Gasteiger partial charge in [0.2, 0.25) is 0 Å². The van der Waals surface area contributed by atoms with Crippen LogP contribution < -0.4 is 4.74 Å². The van der Waals surface area contributed by atoms with Gasteiger partial charge in [-0.05, 0) is 28.0 Å². The van der Waals surface area contributed by atoms with E-state index in [4.69, 9.17) is 4.74 Å². The zero-order valence-electron chi connectivity index (χ0n) is 15.1. The first kappa shape index (κ1) is 16.1. The molecule has 2 nitrogen and oxygen atoms in total. The smallest absolute Gasteiger partial charge is 0.143 e. The molecule has 0 spiro atoms. The minimum absolute atomic E-state index is 0.168. The van der Waals surface area contributed by atoms with Crippen LogP contribution in [0, 0.1) is 0 Å². The third-order valence-corrected chi connectivity index (χ3v) is 5.30. The third kappa shape index (κ3) is 2.98. The molecule has 0 aliphatic carbocycles. The van der Waals surface area contributed by atoms with Gasteiger partial charge in [-0.3, -0.25) is 4.90 Å². The van der Waals surface area contributed by atoms with Crippen LogP contribution in [0.1, 0.15) is 22.7 Å². The van der Waals surface area contributed by atoms with Crippen LogP contribution in [-0.4, -0.2) is 11.6 Å². The number of fused-ring (bicyclic) bond motifs is 3. The second kappa shape index (κ2) is 6.90. The maximum Gasteiger partial charge on any atom is 0.143 e. The van der Waals surface area contributed by atoms with E-state index in [2.05, 4.69) is 102 Å².